The summed E-state index contributed by atoms with van der Waals surface area (Å²) in [5, 5.41) is 13.3. The van der Waals surface area contributed by atoms with Crippen LogP contribution in [0.2, 0.25) is 0 Å². The van der Waals surface area contributed by atoms with E-state index in [1.165, 1.54) is 0 Å². The van der Waals surface area contributed by atoms with Crippen LogP contribution >= 0.6 is 15.9 Å². The molecule has 0 aliphatic carbocycles. The van der Waals surface area contributed by atoms with Crippen molar-refractivity contribution < 1.29 is 5.11 Å². The highest BCUT2D eigenvalue weighted by Gasteiger charge is 2.38. The predicted molar refractivity (Wildman–Crippen MR) is 64.8 cm³/mol. The first kappa shape index (κ1) is 10.9. The average molecular weight is 271 g/mol. The van der Waals surface area contributed by atoms with Gasteiger partial charge in [0.2, 0.25) is 0 Å². The Morgan fingerprint density at radius 3 is 2.80 bits per heavy atom. The van der Waals surface area contributed by atoms with E-state index in [0.717, 1.165) is 15.7 Å². The molecule has 0 amide bonds. The Bertz CT molecular complexity index is 392. The molecule has 4 heteroatoms. The monoisotopic (exact) mass is 270 g/mol. The van der Waals surface area contributed by atoms with Gasteiger partial charge in [-0.2, -0.15) is 0 Å². The predicted octanol–water partition coefficient (Wildman–Crippen LogP) is 2.01. The molecule has 0 radical (unpaired) electrons. The lowest BCUT2D eigenvalue weighted by molar-refractivity contribution is 0.0830. The van der Waals surface area contributed by atoms with Gasteiger partial charge in [-0.3, -0.25) is 0 Å². The highest BCUT2D eigenvalue weighted by Crippen LogP contribution is 2.37. The molecule has 0 aromatic heterocycles. The second kappa shape index (κ2) is 3.47. The van der Waals surface area contributed by atoms with Crippen molar-refractivity contribution in [3.63, 3.8) is 0 Å². The van der Waals surface area contributed by atoms with Crippen LogP contribution in [0.5, 0.6) is 0 Å². The average Bonchev–Trinajstić information content (AvgIpc) is 2.16. The van der Waals surface area contributed by atoms with Crippen molar-refractivity contribution in [1.29, 1.82) is 0 Å². The maximum atomic E-state index is 10.0. The Morgan fingerprint density at radius 1 is 1.47 bits per heavy atom. The number of nitrogens with one attached hydrogen (secondary N) is 1. The number of fused-ring (bicyclic) bond motifs is 1. The lowest BCUT2D eigenvalue weighted by Crippen LogP contribution is -2.52. The molecule has 82 valence electrons. The van der Waals surface area contributed by atoms with Crippen molar-refractivity contribution in [2.45, 2.75) is 31.5 Å². The number of rotatable bonds is 0. The Hall–Kier alpha value is -0.580. The normalized spacial score (nSPS) is 28.1. The molecule has 4 N–H and O–H groups in total. The van der Waals surface area contributed by atoms with Crippen LogP contribution in [0.3, 0.4) is 0 Å². The topological polar surface area (TPSA) is 58.3 Å². The fourth-order valence-electron chi connectivity index (χ4n) is 1.96. The standard InChI is InChI=1S/C11H15BrN2O/c1-11(2)10(15)9(13)7-5-6(12)3-4-8(7)14-11/h3-5,9-10,14-15H,13H2,1-2H3/t9-,10+/m1/s1. The van der Waals surface area contributed by atoms with E-state index in [1.807, 2.05) is 32.0 Å². The van der Waals surface area contributed by atoms with Gasteiger partial charge in [0.25, 0.3) is 0 Å². The zero-order valence-corrected chi connectivity index (χ0v) is 10.4. The zero-order chi connectivity index (χ0) is 11.2. The lowest BCUT2D eigenvalue weighted by Gasteiger charge is -2.42. The summed E-state index contributed by atoms with van der Waals surface area (Å²) in [7, 11) is 0. The Morgan fingerprint density at radius 2 is 2.13 bits per heavy atom. The first-order chi connectivity index (χ1) is 6.92. The van der Waals surface area contributed by atoms with Crippen molar-refractivity contribution in [3.05, 3.63) is 28.2 Å². The van der Waals surface area contributed by atoms with Crippen LogP contribution in [0.15, 0.2) is 22.7 Å². The van der Waals surface area contributed by atoms with Crippen molar-refractivity contribution in [1.82, 2.24) is 0 Å². The van der Waals surface area contributed by atoms with Gasteiger partial charge in [-0.15, -0.1) is 0 Å². The molecule has 0 saturated heterocycles. The van der Waals surface area contributed by atoms with Crippen LogP contribution in [-0.2, 0) is 0 Å². The molecule has 0 fully saturated rings. The van der Waals surface area contributed by atoms with Gasteiger partial charge in [-0.05, 0) is 37.6 Å². The molecule has 1 aromatic rings. The van der Waals surface area contributed by atoms with Gasteiger partial charge in [0, 0.05) is 10.2 Å². The minimum atomic E-state index is -0.584. The van der Waals surface area contributed by atoms with E-state index in [-0.39, 0.29) is 11.6 Å². The van der Waals surface area contributed by atoms with Gasteiger partial charge in [0.05, 0.1) is 17.7 Å². The summed E-state index contributed by atoms with van der Waals surface area (Å²) in [6.07, 6.45) is -0.584. The molecular formula is C11H15BrN2O. The lowest BCUT2D eigenvalue weighted by atomic mass is 9.83. The molecule has 0 bridgehead atoms. The fraction of sp³-hybridized carbons (Fsp3) is 0.455. The van der Waals surface area contributed by atoms with Crippen molar-refractivity contribution in [2.75, 3.05) is 5.32 Å². The van der Waals surface area contributed by atoms with E-state index in [0.29, 0.717) is 0 Å². The van der Waals surface area contributed by atoms with E-state index in [4.69, 9.17) is 5.73 Å². The van der Waals surface area contributed by atoms with Gasteiger partial charge in [-0.1, -0.05) is 15.9 Å². The molecular weight excluding hydrogens is 256 g/mol. The summed E-state index contributed by atoms with van der Waals surface area (Å²) in [4.78, 5) is 0. The van der Waals surface area contributed by atoms with Gasteiger partial charge in [-0.25, -0.2) is 0 Å². The first-order valence-electron chi connectivity index (χ1n) is 4.93. The van der Waals surface area contributed by atoms with Gasteiger partial charge in [0.15, 0.2) is 0 Å². The largest absolute Gasteiger partial charge is 0.389 e. The molecule has 2 rings (SSSR count). The van der Waals surface area contributed by atoms with Crippen molar-refractivity contribution in [3.8, 4) is 0 Å². The molecule has 15 heavy (non-hydrogen) atoms. The first-order valence-corrected chi connectivity index (χ1v) is 5.72. The number of benzene rings is 1. The second-order valence-corrected chi connectivity index (χ2v) is 5.46. The van der Waals surface area contributed by atoms with E-state index < -0.39 is 6.10 Å². The Kier molecular flexibility index (Phi) is 2.53. The van der Waals surface area contributed by atoms with E-state index in [2.05, 4.69) is 21.2 Å². The van der Waals surface area contributed by atoms with Gasteiger partial charge < -0.3 is 16.2 Å². The third-order valence-electron chi connectivity index (χ3n) is 2.91. The van der Waals surface area contributed by atoms with Crippen LogP contribution in [0, 0.1) is 0 Å². The molecule has 1 aromatic carbocycles. The van der Waals surface area contributed by atoms with E-state index >= 15 is 0 Å². The van der Waals surface area contributed by atoms with Crippen LogP contribution in [0.4, 0.5) is 5.69 Å². The van der Waals surface area contributed by atoms with Gasteiger partial charge >= 0.3 is 0 Å². The molecule has 2 atom stereocenters. The maximum Gasteiger partial charge on any atom is 0.0957 e. The molecule has 1 aliphatic heterocycles. The summed E-state index contributed by atoms with van der Waals surface area (Å²) in [5.74, 6) is 0. The van der Waals surface area contributed by atoms with Crippen LogP contribution in [0.1, 0.15) is 25.5 Å². The molecule has 1 aliphatic rings. The Balaban J connectivity index is 2.50. The summed E-state index contributed by atoms with van der Waals surface area (Å²) in [5.41, 5.74) is 7.59. The number of aliphatic hydroxyl groups excluding tert-OH is 1. The number of halogens is 1. The third-order valence-corrected chi connectivity index (χ3v) is 3.40. The number of hydrogen-bond acceptors (Lipinski definition) is 3. The van der Waals surface area contributed by atoms with Crippen molar-refractivity contribution >= 4 is 21.6 Å². The highest BCUT2D eigenvalue weighted by atomic mass is 79.9. The van der Waals surface area contributed by atoms with E-state index in [9.17, 15) is 5.11 Å². The number of aliphatic hydroxyl groups is 1. The summed E-state index contributed by atoms with van der Waals surface area (Å²) in [6, 6.07) is 5.55. The minimum Gasteiger partial charge on any atom is -0.389 e. The van der Waals surface area contributed by atoms with Crippen LogP contribution in [-0.4, -0.2) is 16.7 Å². The number of hydrogen-bond donors (Lipinski definition) is 3. The maximum absolute atomic E-state index is 10.0. The molecule has 0 spiro atoms. The van der Waals surface area contributed by atoms with E-state index in [1.54, 1.807) is 0 Å². The zero-order valence-electron chi connectivity index (χ0n) is 8.79. The highest BCUT2D eigenvalue weighted by molar-refractivity contribution is 9.10. The smallest absolute Gasteiger partial charge is 0.0957 e. The SMILES string of the molecule is CC1(C)Nc2ccc(Br)cc2[C@@H](N)[C@@H]1O. The number of anilines is 1. The summed E-state index contributed by atoms with van der Waals surface area (Å²) in [6.45, 7) is 3.89. The third kappa shape index (κ3) is 1.77. The minimum absolute atomic E-state index is 0.339. The molecule has 0 saturated carbocycles. The van der Waals surface area contributed by atoms with Gasteiger partial charge in [0.1, 0.15) is 0 Å². The molecule has 0 unspecified atom stereocenters. The Labute approximate surface area is 97.8 Å². The number of nitrogens with two attached hydrogens (primary N) is 1. The second-order valence-electron chi connectivity index (χ2n) is 4.55. The molecule has 3 nitrogen and oxygen atoms in total. The summed E-state index contributed by atoms with van der Waals surface area (Å²) >= 11 is 3.40. The van der Waals surface area contributed by atoms with Crippen molar-refractivity contribution in [2.24, 2.45) is 5.73 Å². The van der Waals surface area contributed by atoms with Crippen LogP contribution < -0.4 is 11.1 Å². The van der Waals surface area contributed by atoms with Crippen LogP contribution in [0.25, 0.3) is 0 Å². The fourth-order valence-corrected chi connectivity index (χ4v) is 2.34. The summed E-state index contributed by atoms with van der Waals surface area (Å²) < 4.78 is 0.977. The molecule has 1 heterocycles. The quantitative estimate of drug-likeness (QED) is 0.676.